The van der Waals surface area contributed by atoms with Crippen LogP contribution in [-0.4, -0.2) is 27.9 Å². The molecule has 0 aromatic heterocycles. The standard InChI is InChI=1S/C14H17ClO3S/c1-19(16,17)14-5-4-12(10-13(14)15)3-2-11-6-8-18-9-7-11/h2-5,10-11H,6-9H2,1H3/b3-2+. The van der Waals surface area contributed by atoms with E-state index in [2.05, 4.69) is 6.08 Å². The average molecular weight is 301 g/mol. The highest BCUT2D eigenvalue weighted by Gasteiger charge is 2.12. The molecule has 0 saturated carbocycles. The molecule has 1 fully saturated rings. The fraction of sp³-hybridized carbons (Fsp3) is 0.429. The molecule has 3 nitrogen and oxygen atoms in total. The van der Waals surface area contributed by atoms with Crippen molar-refractivity contribution in [1.82, 2.24) is 0 Å². The zero-order chi connectivity index (χ0) is 13.9. The molecule has 5 heteroatoms. The van der Waals surface area contributed by atoms with Gasteiger partial charge in [-0.3, -0.25) is 0 Å². The zero-order valence-electron chi connectivity index (χ0n) is 10.8. The fourth-order valence-corrected chi connectivity index (χ4v) is 3.41. The molecular weight excluding hydrogens is 284 g/mol. The van der Waals surface area contributed by atoms with Crippen molar-refractivity contribution in [3.05, 3.63) is 34.9 Å². The molecule has 2 rings (SSSR count). The van der Waals surface area contributed by atoms with Crippen molar-refractivity contribution in [3.63, 3.8) is 0 Å². The molecule has 1 aromatic carbocycles. The van der Waals surface area contributed by atoms with Crippen molar-refractivity contribution < 1.29 is 13.2 Å². The van der Waals surface area contributed by atoms with Gasteiger partial charge in [0.1, 0.15) is 0 Å². The summed E-state index contributed by atoms with van der Waals surface area (Å²) in [5, 5.41) is 0.275. The number of ether oxygens (including phenoxy) is 1. The number of halogens is 1. The van der Waals surface area contributed by atoms with Gasteiger partial charge in [-0.2, -0.15) is 0 Å². The van der Waals surface area contributed by atoms with Gasteiger partial charge in [-0.25, -0.2) is 8.42 Å². The molecule has 1 aliphatic rings. The van der Waals surface area contributed by atoms with E-state index in [1.54, 1.807) is 18.2 Å². The van der Waals surface area contributed by atoms with Crippen LogP contribution in [0.15, 0.2) is 29.2 Å². The van der Waals surface area contributed by atoms with Crippen LogP contribution in [-0.2, 0) is 14.6 Å². The summed E-state index contributed by atoms with van der Waals surface area (Å²) < 4.78 is 28.2. The van der Waals surface area contributed by atoms with Crippen molar-refractivity contribution in [2.75, 3.05) is 19.5 Å². The molecule has 0 unspecified atom stereocenters. The predicted molar refractivity (Wildman–Crippen MR) is 77.1 cm³/mol. The third-order valence-corrected chi connectivity index (χ3v) is 4.76. The van der Waals surface area contributed by atoms with Crippen LogP contribution >= 0.6 is 11.6 Å². The summed E-state index contributed by atoms with van der Waals surface area (Å²) in [6.45, 7) is 1.62. The molecule has 1 aliphatic heterocycles. The van der Waals surface area contributed by atoms with Gasteiger partial charge in [0.05, 0.1) is 9.92 Å². The lowest BCUT2D eigenvalue weighted by Crippen LogP contribution is -2.13. The van der Waals surface area contributed by atoms with Crippen molar-refractivity contribution in [1.29, 1.82) is 0 Å². The van der Waals surface area contributed by atoms with E-state index in [1.165, 1.54) is 0 Å². The molecular formula is C14H17ClO3S. The summed E-state index contributed by atoms with van der Waals surface area (Å²) >= 11 is 6.00. The summed E-state index contributed by atoms with van der Waals surface area (Å²) in [4.78, 5) is 0.178. The summed E-state index contributed by atoms with van der Waals surface area (Å²) in [6.07, 6.45) is 7.37. The van der Waals surface area contributed by atoms with Crippen molar-refractivity contribution >= 4 is 27.5 Å². The molecule has 19 heavy (non-hydrogen) atoms. The minimum atomic E-state index is -3.26. The van der Waals surface area contributed by atoms with Gasteiger partial charge in [-0.05, 0) is 36.5 Å². The molecule has 0 amide bonds. The van der Waals surface area contributed by atoms with Gasteiger partial charge < -0.3 is 4.74 Å². The molecule has 0 spiro atoms. The highest BCUT2D eigenvalue weighted by Crippen LogP contribution is 2.24. The zero-order valence-corrected chi connectivity index (χ0v) is 12.4. The first-order valence-electron chi connectivity index (χ1n) is 6.22. The molecule has 0 bridgehead atoms. The Morgan fingerprint density at radius 2 is 2.00 bits per heavy atom. The van der Waals surface area contributed by atoms with Crippen LogP contribution in [0.4, 0.5) is 0 Å². The van der Waals surface area contributed by atoms with E-state index in [0.29, 0.717) is 5.92 Å². The molecule has 1 heterocycles. The number of rotatable bonds is 3. The van der Waals surface area contributed by atoms with E-state index in [9.17, 15) is 8.42 Å². The maximum absolute atomic E-state index is 11.5. The van der Waals surface area contributed by atoms with E-state index in [-0.39, 0.29) is 9.92 Å². The first-order valence-corrected chi connectivity index (χ1v) is 8.49. The van der Waals surface area contributed by atoms with Crippen LogP contribution in [0.25, 0.3) is 6.08 Å². The smallest absolute Gasteiger partial charge is 0.176 e. The number of allylic oxidation sites excluding steroid dienone is 1. The van der Waals surface area contributed by atoms with E-state index < -0.39 is 9.84 Å². The fourth-order valence-electron chi connectivity index (χ4n) is 2.08. The van der Waals surface area contributed by atoms with Crippen LogP contribution < -0.4 is 0 Å². The van der Waals surface area contributed by atoms with Crippen molar-refractivity contribution in [2.24, 2.45) is 5.92 Å². The Kier molecular flexibility index (Phi) is 4.66. The number of hydrogen-bond donors (Lipinski definition) is 0. The van der Waals surface area contributed by atoms with Gasteiger partial charge in [0.15, 0.2) is 9.84 Å². The number of hydrogen-bond acceptors (Lipinski definition) is 3. The third kappa shape index (κ3) is 4.06. The topological polar surface area (TPSA) is 43.4 Å². The van der Waals surface area contributed by atoms with Crippen LogP contribution in [0, 0.1) is 5.92 Å². The van der Waals surface area contributed by atoms with Gasteiger partial charge in [-0.1, -0.05) is 29.8 Å². The number of sulfone groups is 1. The van der Waals surface area contributed by atoms with Gasteiger partial charge in [0, 0.05) is 19.5 Å². The highest BCUT2D eigenvalue weighted by molar-refractivity contribution is 7.90. The molecule has 1 saturated heterocycles. The van der Waals surface area contributed by atoms with E-state index in [0.717, 1.165) is 37.9 Å². The first kappa shape index (κ1) is 14.6. The lowest BCUT2D eigenvalue weighted by Gasteiger charge is -2.18. The highest BCUT2D eigenvalue weighted by atomic mass is 35.5. The predicted octanol–water partition coefficient (Wildman–Crippen LogP) is 3.18. The van der Waals surface area contributed by atoms with Crippen molar-refractivity contribution in [2.45, 2.75) is 17.7 Å². The van der Waals surface area contributed by atoms with Gasteiger partial charge in [0.25, 0.3) is 0 Å². The largest absolute Gasteiger partial charge is 0.381 e. The minimum Gasteiger partial charge on any atom is -0.381 e. The van der Waals surface area contributed by atoms with E-state index in [1.807, 2.05) is 6.08 Å². The normalized spacial score (nSPS) is 18.0. The van der Waals surface area contributed by atoms with E-state index in [4.69, 9.17) is 16.3 Å². The lowest BCUT2D eigenvalue weighted by molar-refractivity contribution is 0.0787. The first-order chi connectivity index (χ1) is 8.97. The molecule has 0 radical (unpaired) electrons. The van der Waals surface area contributed by atoms with Crippen LogP contribution in [0.5, 0.6) is 0 Å². The van der Waals surface area contributed by atoms with Gasteiger partial charge in [-0.15, -0.1) is 0 Å². The Hall–Kier alpha value is -0.840. The van der Waals surface area contributed by atoms with Crippen LogP contribution in [0.3, 0.4) is 0 Å². The summed E-state index contributed by atoms with van der Waals surface area (Å²) in [6, 6.07) is 5.02. The quantitative estimate of drug-likeness (QED) is 0.861. The molecule has 0 aliphatic carbocycles. The molecule has 0 N–H and O–H groups in total. The average Bonchev–Trinajstić information content (AvgIpc) is 2.36. The molecule has 1 aromatic rings. The lowest BCUT2D eigenvalue weighted by atomic mass is 9.99. The third-order valence-electron chi connectivity index (χ3n) is 3.18. The van der Waals surface area contributed by atoms with Crippen LogP contribution in [0.1, 0.15) is 18.4 Å². The maximum Gasteiger partial charge on any atom is 0.176 e. The Balaban J connectivity index is 2.14. The van der Waals surface area contributed by atoms with Crippen molar-refractivity contribution in [3.8, 4) is 0 Å². The van der Waals surface area contributed by atoms with E-state index >= 15 is 0 Å². The minimum absolute atomic E-state index is 0.178. The Labute approximate surface area is 119 Å². The molecule has 0 atom stereocenters. The Morgan fingerprint density at radius 1 is 1.32 bits per heavy atom. The summed E-state index contributed by atoms with van der Waals surface area (Å²) in [7, 11) is -3.26. The Morgan fingerprint density at radius 3 is 2.58 bits per heavy atom. The monoisotopic (exact) mass is 300 g/mol. The summed E-state index contributed by atoms with van der Waals surface area (Å²) in [5.74, 6) is 0.530. The second-order valence-corrected chi connectivity index (χ2v) is 7.16. The van der Waals surface area contributed by atoms with Gasteiger partial charge >= 0.3 is 0 Å². The number of benzene rings is 1. The summed E-state index contributed by atoms with van der Waals surface area (Å²) in [5.41, 5.74) is 0.920. The Bertz CT molecular complexity index is 572. The van der Waals surface area contributed by atoms with Crippen LogP contribution in [0.2, 0.25) is 5.02 Å². The second-order valence-electron chi connectivity index (χ2n) is 4.77. The SMILES string of the molecule is CS(=O)(=O)c1ccc(/C=C/C2CCOCC2)cc1Cl. The maximum atomic E-state index is 11.5. The second kappa shape index (κ2) is 6.07. The molecule has 104 valence electrons. The van der Waals surface area contributed by atoms with Gasteiger partial charge in [0.2, 0.25) is 0 Å².